The van der Waals surface area contributed by atoms with Crippen LogP contribution in [0.1, 0.15) is 115 Å². The van der Waals surface area contributed by atoms with Gasteiger partial charge in [0.15, 0.2) is 86.2 Å². The summed E-state index contributed by atoms with van der Waals surface area (Å²) in [5.41, 5.74) is 1.06. The minimum absolute atomic E-state index is 0.00989. The SMILES string of the molecule is CC(=O)OCc1ccc(CO[C@@H]2O[C@H](CO[C@@H]3O[C@H](COC(C)=O)[C@@H](O[C@@H]4O[C@H](COC(C)=O)[C@H](O[C@H]5O[C@H](COC(C)=O)[C@H](OC(C)=O)[C@H](OC(C)=O)[C@H]5OC(C)=O)[C@H](OC(C)=O)[C@H]4OC(C)=O)[C@H](OC(C)=O)[C@H]3OC(C)=O)[C@H](OC(C)=O)[C@H](OC(=O)c3ccccc3)[C@H]2OC(=O)c2ccccc2)cc1. The number of hydrogen-bond donors (Lipinski definition) is 0. The number of hydrogen-bond acceptors (Lipinski definition) is 36. The molecule has 20 atom stereocenters. The lowest BCUT2D eigenvalue weighted by atomic mass is 9.95. The summed E-state index contributed by atoms with van der Waals surface area (Å²) in [4.78, 5) is 184. The van der Waals surface area contributed by atoms with Gasteiger partial charge in [0.25, 0.3) is 0 Å². The molecule has 4 aliphatic heterocycles. The second kappa shape index (κ2) is 39.3. The second-order valence-corrected chi connectivity index (χ2v) is 24.1. The molecule has 0 amide bonds. The molecule has 0 radical (unpaired) electrons. The van der Waals surface area contributed by atoms with Gasteiger partial charge in [0.2, 0.25) is 0 Å². The van der Waals surface area contributed by atoms with Crippen molar-refractivity contribution in [3.63, 3.8) is 0 Å². The molecule has 4 aliphatic rings. The van der Waals surface area contributed by atoms with E-state index in [1.54, 1.807) is 48.5 Å². The molecule has 578 valence electrons. The van der Waals surface area contributed by atoms with Crippen molar-refractivity contribution in [3.05, 3.63) is 107 Å². The van der Waals surface area contributed by atoms with Crippen LogP contribution in [-0.2, 0) is 175 Å². The lowest BCUT2D eigenvalue weighted by Gasteiger charge is -2.50. The van der Waals surface area contributed by atoms with Crippen molar-refractivity contribution in [2.45, 2.75) is 219 Å². The van der Waals surface area contributed by atoms with Crippen LogP contribution in [0.15, 0.2) is 84.9 Å². The summed E-state index contributed by atoms with van der Waals surface area (Å²) in [6, 6.07) is 21.6. The first-order chi connectivity index (χ1) is 50.2. The highest BCUT2D eigenvalue weighted by atomic mass is 16.8. The number of esters is 14. The Kier molecular flexibility index (Phi) is 30.9. The predicted octanol–water partition coefficient (Wildman–Crippen LogP) is 2.55. The van der Waals surface area contributed by atoms with E-state index >= 15 is 0 Å². The molecule has 4 fully saturated rings. The maximum atomic E-state index is 14.3. The molecular weight excluding hydrogens is 1420 g/mol. The molecule has 3 aromatic carbocycles. The Balaban J connectivity index is 1.32. The molecule has 0 N–H and O–H groups in total. The van der Waals surface area contributed by atoms with Gasteiger partial charge in [-0.15, -0.1) is 0 Å². The van der Waals surface area contributed by atoms with E-state index in [1.165, 1.54) is 43.3 Å². The summed E-state index contributed by atoms with van der Waals surface area (Å²) in [5.74, 6) is -14.0. The van der Waals surface area contributed by atoms with Gasteiger partial charge in [0.1, 0.15) is 63.1 Å². The largest absolute Gasteiger partial charge is 0.463 e. The monoisotopic (exact) mass is 1500 g/mol. The molecule has 7 rings (SSSR count). The smallest absolute Gasteiger partial charge is 0.338 e. The maximum absolute atomic E-state index is 14.3. The van der Waals surface area contributed by atoms with E-state index in [0.717, 1.165) is 76.2 Å². The number of carbonyl (C=O) groups excluding carboxylic acids is 14. The summed E-state index contributed by atoms with van der Waals surface area (Å²) in [5, 5.41) is 0. The molecule has 3 aromatic rings. The Bertz CT molecular complexity index is 3580. The van der Waals surface area contributed by atoms with Crippen LogP contribution in [0.3, 0.4) is 0 Å². The minimum Gasteiger partial charge on any atom is -0.463 e. The minimum atomic E-state index is -2.22. The van der Waals surface area contributed by atoms with Gasteiger partial charge in [-0.2, -0.15) is 0 Å². The Morgan fingerprint density at radius 2 is 0.519 bits per heavy atom. The molecule has 0 aromatic heterocycles. The second-order valence-electron chi connectivity index (χ2n) is 24.1. The standard InChI is InChI=1S/C70H82O36/c1-33(71)85-27-45-23-25-46(26-24-45)28-89-68-62(104-66(84)48-21-17-14-18-22-48)60(103-65(83)47-19-15-13-16-20-47)54(92-38(6)76)52(100-68)32-90-67-61(96-42(10)80)58(94-40(8)78)55(50(99-67)30-87-35(3)73)105-70-64(98-44(12)82)59(95-41(9)79)56(51(102-70)31-88-36(4)74)106-69-63(97-43(11)81)57(93-39(7)77)53(91-37(5)75)49(101-69)29-86-34(2)72/h13-26,49-64,67-70H,27-32H2,1-12H3/t49-,50-,51-,52-,53+,54+,55-,56+,57+,58+,59+,60+,61-,62-,63-,64-,67-,68-,69-,70+/m1/s1. The van der Waals surface area contributed by atoms with Crippen LogP contribution in [0.4, 0.5) is 0 Å². The van der Waals surface area contributed by atoms with Gasteiger partial charge in [-0.05, 0) is 35.4 Å². The molecule has 0 saturated carbocycles. The lowest BCUT2D eigenvalue weighted by molar-refractivity contribution is -0.381. The summed E-state index contributed by atoms with van der Waals surface area (Å²) in [7, 11) is 0. The van der Waals surface area contributed by atoms with E-state index in [-0.39, 0.29) is 24.3 Å². The third-order valence-electron chi connectivity index (χ3n) is 15.5. The highest BCUT2D eigenvalue weighted by molar-refractivity contribution is 5.90. The molecule has 106 heavy (non-hydrogen) atoms. The number of ether oxygens (including phenoxy) is 22. The van der Waals surface area contributed by atoms with Crippen molar-refractivity contribution in [2.75, 3.05) is 26.4 Å². The van der Waals surface area contributed by atoms with Crippen molar-refractivity contribution in [3.8, 4) is 0 Å². The summed E-state index contributed by atoms with van der Waals surface area (Å²) < 4.78 is 131. The molecule has 0 spiro atoms. The van der Waals surface area contributed by atoms with Crippen molar-refractivity contribution in [1.82, 2.24) is 0 Å². The van der Waals surface area contributed by atoms with Crippen LogP contribution in [0.2, 0.25) is 0 Å². The topological polar surface area (TPSA) is 442 Å². The fraction of sp³-hybridized carbons (Fsp3) is 0.543. The molecule has 0 aliphatic carbocycles. The van der Waals surface area contributed by atoms with Crippen molar-refractivity contribution in [1.29, 1.82) is 0 Å². The molecule has 36 nitrogen and oxygen atoms in total. The zero-order valence-electron chi connectivity index (χ0n) is 59.6. The third-order valence-corrected chi connectivity index (χ3v) is 15.5. The van der Waals surface area contributed by atoms with Gasteiger partial charge in [0.05, 0.1) is 24.3 Å². The van der Waals surface area contributed by atoms with E-state index in [0.29, 0.717) is 11.1 Å². The van der Waals surface area contributed by atoms with Gasteiger partial charge >= 0.3 is 83.6 Å². The fourth-order valence-electron chi connectivity index (χ4n) is 11.4. The zero-order valence-corrected chi connectivity index (χ0v) is 59.6. The Morgan fingerprint density at radius 1 is 0.255 bits per heavy atom. The van der Waals surface area contributed by atoms with E-state index < -0.39 is 233 Å². The van der Waals surface area contributed by atoms with Gasteiger partial charge in [-0.3, -0.25) is 57.5 Å². The average Bonchev–Trinajstić information content (AvgIpc) is 0.738. The van der Waals surface area contributed by atoms with E-state index in [1.807, 2.05) is 0 Å². The Labute approximate surface area is 605 Å². The van der Waals surface area contributed by atoms with E-state index in [2.05, 4.69) is 0 Å². The highest BCUT2D eigenvalue weighted by Crippen LogP contribution is 2.40. The molecule has 0 unspecified atom stereocenters. The van der Waals surface area contributed by atoms with Gasteiger partial charge < -0.3 is 104 Å². The number of benzene rings is 3. The molecule has 36 heteroatoms. The van der Waals surface area contributed by atoms with E-state index in [4.69, 9.17) is 104 Å². The van der Waals surface area contributed by atoms with Crippen molar-refractivity contribution < 1.29 is 171 Å². The average molecular weight is 1500 g/mol. The quantitative estimate of drug-likeness (QED) is 0.0683. The summed E-state index contributed by atoms with van der Waals surface area (Å²) in [6.07, 6.45) is -38.6. The molecular formula is C70H82O36. The van der Waals surface area contributed by atoms with Crippen LogP contribution >= 0.6 is 0 Å². The van der Waals surface area contributed by atoms with Crippen LogP contribution in [-0.4, -0.2) is 233 Å². The van der Waals surface area contributed by atoms with Crippen LogP contribution in [0.5, 0.6) is 0 Å². The van der Waals surface area contributed by atoms with Gasteiger partial charge in [-0.25, -0.2) is 9.59 Å². The number of carbonyl (C=O) groups is 14. The first kappa shape index (κ1) is 83.2. The first-order valence-electron chi connectivity index (χ1n) is 32.9. The number of rotatable bonds is 30. The summed E-state index contributed by atoms with van der Waals surface area (Å²) >= 11 is 0. The van der Waals surface area contributed by atoms with Crippen LogP contribution < -0.4 is 0 Å². The van der Waals surface area contributed by atoms with Crippen LogP contribution in [0, 0.1) is 0 Å². The summed E-state index contributed by atoms with van der Waals surface area (Å²) in [6.45, 7) is 7.89. The normalized spacial score (nSPS) is 28.2. The van der Waals surface area contributed by atoms with Crippen LogP contribution in [0.25, 0.3) is 0 Å². The van der Waals surface area contributed by atoms with Gasteiger partial charge in [0, 0.05) is 83.1 Å². The molecule has 4 saturated heterocycles. The first-order valence-corrected chi connectivity index (χ1v) is 32.9. The molecule has 4 heterocycles. The van der Waals surface area contributed by atoms with E-state index in [9.17, 15) is 67.1 Å². The predicted molar refractivity (Wildman–Crippen MR) is 343 cm³/mol. The van der Waals surface area contributed by atoms with Crippen molar-refractivity contribution in [2.24, 2.45) is 0 Å². The Hall–Kier alpha value is -10.1. The fourth-order valence-corrected chi connectivity index (χ4v) is 11.4. The lowest BCUT2D eigenvalue weighted by Crippen LogP contribution is -2.69. The Morgan fingerprint density at radius 3 is 0.877 bits per heavy atom. The maximum Gasteiger partial charge on any atom is 0.338 e. The van der Waals surface area contributed by atoms with Crippen molar-refractivity contribution >= 4 is 83.6 Å². The zero-order chi connectivity index (χ0) is 77.6. The third kappa shape index (κ3) is 24.5. The highest BCUT2D eigenvalue weighted by Gasteiger charge is 2.61. The molecule has 0 bridgehead atoms. The van der Waals surface area contributed by atoms with Gasteiger partial charge in [-0.1, -0.05) is 60.7 Å².